The molecule has 0 unspecified atom stereocenters. The Morgan fingerprint density at radius 3 is 2.73 bits per heavy atom. The fourth-order valence-electron chi connectivity index (χ4n) is 4.23. The minimum Gasteiger partial charge on any atom is -0.507 e. The summed E-state index contributed by atoms with van der Waals surface area (Å²) in [6.45, 7) is 5.74. The number of hydrogen-bond donors (Lipinski definition) is 3. The number of rotatable bonds is 4. The number of phenols is 1. The Hall–Kier alpha value is -2.05. The molecule has 4 rings (SSSR count). The Kier molecular flexibility index (Phi) is 4.87. The summed E-state index contributed by atoms with van der Waals surface area (Å²) in [5.41, 5.74) is 2.04. The maximum Gasteiger partial charge on any atom is 0.255 e. The number of nitrogens with one attached hydrogen (secondary N) is 2. The highest BCUT2D eigenvalue weighted by atomic mass is 16.5. The highest BCUT2D eigenvalue weighted by Gasteiger charge is 2.27. The molecule has 3 N–H and O–H groups in total. The fourth-order valence-corrected chi connectivity index (χ4v) is 4.23. The average molecular weight is 359 g/mol. The van der Waals surface area contributed by atoms with Crippen molar-refractivity contribution < 1.29 is 24.0 Å². The molecule has 6 nitrogen and oxygen atoms in total. The van der Waals surface area contributed by atoms with Crippen molar-refractivity contribution in [2.75, 3.05) is 26.3 Å². The van der Waals surface area contributed by atoms with Crippen molar-refractivity contribution in [1.29, 1.82) is 0 Å². The number of amides is 1. The first-order valence-corrected chi connectivity index (χ1v) is 9.59. The van der Waals surface area contributed by atoms with Gasteiger partial charge in [0.15, 0.2) is 0 Å². The lowest BCUT2D eigenvalue weighted by Crippen LogP contribution is -3.12. The Morgan fingerprint density at radius 1 is 1.27 bits per heavy atom. The van der Waals surface area contributed by atoms with E-state index >= 15 is 0 Å². The van der Waals surface area contributed by atoms with E-state index in [1.165, 1.54) is 17.7 Å². The lowest BCUT2D eigenvalue weighted by Gasteiger charge is -2.24. The van der Waals surface area contributed by atoms with Crippen LogP contribution in [0.2, 0.25) is 0 Å². The number of quaternary nitrogens is 1. The number of morpholine rings is 1. The first kappa shape index (κ1) is 17.4. The van der Waals surface area contributed by atoms with E-state index in [2.05, 4.69) is 5.32 Å². The van der Waals surface area contributed by atoms with Crippen molar-refractivity contribution in [2.45, 2.75) is 45.2 Å². The summed E-state index contributed by atoms with van der Waals surface area (Å²) in [4.78, 5) is 14.3. The molecule has 0 spiro atoms. The molecule has 1 aromatic heterocycles. The summed E-state index contributed by atoms with van der Waals surface area (Å²) in [7, 11) is 0. The number of benzene rings is 1. The highest BCUT2D eigenvalue weighted by Crippen LogP contribution is 2.33. The molecule has 0 radical (unpaired) electrons. The number of phenolic OH excluding ortho intramolecular Hbond substituents is 1. The molecule has 0 bridgehead atoms. The number of ether oxygens (including phenoxy) is 1. The van der Waals surface area contributed by atoms with Crippen LogP contribution in [0.4, 0.5) is 0 Å². The lowest BCUT2D eigenvalue weighted by atomic mass is 10.0. The summed E-state index contributed by atoms with van der Waals surface area (Å²) in [5.74, 6) is 0.753. The quantitative estimate of drug-likeness (QED) is 0.774. The Balaban J connectivity index is 1.70. The molecule has 2 heterocycles. The number of fused-ring (bicyclic) bond motifs is 1. The van der Waals surface area contributed by atoms with E-state index in [1.807, 2.05) is 6.92 Å². The zero-order valence-corrected chi connectivity index (χ0v) is 15.3. The van der Waals surface area contributed by atoms with Gasteiger partial charge in [-0.2, -0.15) is 0 Å². The molecule has 2 fully saturated rings. The first-order valence-electron chi connectivity index (χ1n) is 9.59. The van der Waals surface area contributed by atoms with Gasteiger partial charge >= 0.3 is 0 Å². The van der Waals surface area contributed by atoms with Gasteiger partial charge in [0.25, 0.3) is 5.91 Å². The van der Waals surface area contributed by atoms with E-state index < -0.39 is 0 Å². The number of carbonyl (C=O) groups is 1. The minimum atomic E-state index is -0.0861. The van der Waals surface area contributed by atoms with Crippen molar-refractivity contribution in [3.8, 4) is 5.75 Å². The summed E-state index contributed by atoms with van der Waals surface area (Å²) in [5, 5.41) is 14.4. The van der Waals surface area contributed by atoms with Gasteiger partial charge in [-0.25, -0.2) is 0 Å². The van der Waals surface area contributed by atoms with Gasteiger partial charge in [0.2, 0.25) is 0 Å². The number of hydrogen-bond acceptors (Lipinski definition) is 4. The normalized spacial score (nSPS) is 19.3. The number of aromatic hydroxyl groups is 1. The van der Waals surface area contributed by atoms with Crippen LogP contribution in [-0.4, -0.2) is 43.4 Å². The van der Waals surface area contributed by atoms with Gasteiger partial charge in [0.1, 0.15) is 36.7 Å². The molecule has 0 atom stereocenters. The van der Waals surface area contributed by atoms with E-state index in [9.17, 15) is 9.90 Å². The fraction of sp³-hybridized carbons (Fsp3) is 0.550. The van der Waals surface area contributed by atoms with E-state index in [4.69, 9.17) is 9.15 Å². The largest absolute Gasteiger partial charge is 0.507 e. The second kappa shape index (κ2) is 7.29. The third kappa shape index (κ3) is 3.31. The molecule has 1 saturated heterocycles. The van der Waals surface area contributed by atoms with Gasteiger partial charge in [-0.3, -0.25) is 4.79 Å². The van der Waals surface area contributed by atoms with Gasteiger partial charge in [-0.1, -0.05) is 12.8 Å². The lowest BCUT2D eigenvalue weighted by molar-refractivity contribution is -0.921. The zero-order valence-electron chi connectivity index (χ0n) is 15.3. The van der Waals surface area contributed by atoms with Gasteiger partial charge in [0, 0.05) is 11.4 Å². The molecular formula is C20H27N2O4+. The molecule has 1 amide bonds. The van der Waals surface area contributed by atoms with E-state index in [1.54, 1.807) is 12.1 Å². The van der Waals surface area contributed by atoms with Crippen molar-refractivity contribution in [2.24, 2.45) is 0 Å². The molecule has 140 valence electrons. The predicted molar refractivity (Wildman–Crippen MR) is 97.6 cm³/mol. The van der Waals surface area contributed by atoms with Gasteiger partial charge < -0.3 is 24.5 Å². The van der Waals surface area contributed by atoms with Crippen LogP contribution >= 0.6 is 0 Å². The zero-order chi connectivity index (χ0) is 18.1. The molecule has 1 saturated carbocycles. The maximum atomic E-state index is 13.0. The topological polar surface area (TPSA) is 76.1 Å². The highest BCUT2D eigenvalue weighted by molar-refractivity contribution is 6.09. The summed E-state index contributed by atoms with van der Waals surface area (Å²) in [6.07, 6.45) is 4.41. The molecule has 6 heteroatoms. The third-order valence-electron chi connectivity index (χ3n) is 5.66. The minimum absolute atomic E-state index is 0.0861. The predicted octanol–water partition coefficient (Wildman–Crippen LogP) is 1.53. The van der Waals surface area contributed by atoms with E-state index in [-0.39, 0.29) is 17.7 Å². The Labute approximate surface area is 153 Å². The molecule has 26 heavy (non-hydrogen) atoms. The number of furan rings is 1. The van der Waals surface area contributed by atoms with E-state index in [0.29, 0.717) is 23.5 Å². The molecule has 1 aromatic carbocycles. The van der Waals surface area contributed by atoms with Crippen LogP contribution in [-0.2, 0) is 11.3 Å². The van der Waals surface area contributed by atoms with E-state index in [0.717, 1.165) is 50.1 Å². The second-order valence-corrected chi connectivity index (χ2v) is 7.46. The van der Waals surface area contributed by atoms with Gasteiger partial charge in [0.05, 0.1) is 24.3 Å². The van der Waals surface area contributed by atoms with Crippen LogP contribution in [0.3, 0.4) is 0 Å². The smallest absolute Gasteiger partial charge is 0.255 e. The maximum absolute atomic E-state index is 13.0. The summed E-state index contributed by atoms with van der Waals surface area (Å²) < 4.78 is 11.3. The van der Waals surface area contributed by atoms with Crippen LogP contribution in [0.15, 0.2) is 16.5 Å². The standard InChI is InChI=1S/C20H26N2O4/c1-13-18(20(24)21-14-4-2-3-5-14)19-15(12-22-8-10-25-11-9-22)16(23)6-7-17(19)26-13/h6-7,14,23H,2-5,8-12H2,1H3,(H,21,24)/p+1. The summed E-state index contributed by atoms with van der Waals surface area (Å²) >= 11 is 0. The van der Waals surface area contributed by atoms with Gasteiger partial charge in [-0.05, 0) is 31.9 Å². The van der Waals surface area contributed by atoms with Gasteiger partial charge in [-0.15, -0.1) is 0 Å². The molecule has 1 aliphatic heterocycles. The Bertz CT molecular complexity index is 802. The molecule has 2 aromatic rings. The molecule has 1 aliphatic carbocycles. The second-order valence-electron chi connectivity index (χ2n) is 7.46. The van der Waals surface area contributed by atoms with Crippen LogP contribution in [0, 0.1) is 6.92 Å². The van der Waals surface area contributed by atoms with Crippen molar-refractivity contribution in [3.05, 3.63) is 29.0 Å². The molecule has 2 aliphatic rings. The van der Waals surface area contributed by atoms with Crippen molar-refractivity contribution in [3.63, 3.8) is 0 Å². The van der Waals surface area contributed by atoms with Crippen molar-refractivity contribution >= 4 is 16.9 Å². The monoisotopic (exact) mass is 359 g/mol. The van der Waals surface area contributed by atoms with Crippen LogP contribution in [0.5, 0.6) is 5.75 Å². The van der Waals surface area contributed by atoms with Crippen LogP contribution in [0.25, 0.3) is 11.0 Å². The Morgan fingerprint density at radius 2 is 2.00 bits per heavy atom. The number of aryl methyl sites for hydroxylation is 1. The molecular weight excluding hydrogens is 332 g/mol. The third-order valence-corrected chi connectivity index (χ3v) is 5.66. The van der Waals surface area contributed by atoms with Crippen molar-refractivity contribution in [1.82, 2.24) is 5.32 Å². The number of carbonyl (C=O) groups excluding carboxylic acids is 1. The van der Waals surface area contributed by atoms with Crippen LogP contribution < -0.4 is 10.2 Å². The van der Waals surface area contributed by atoms with Crippen LogP contribution in [0.1, 0.15) is 47.4 Å². The first-order chi connectivity index (χ1) is 12.6. The average Bonchev–Trinajstić information content (AvgIpc) is 3.25. The SMILES string of the molecule is Cc1oc2ccc(O)c(C[NH+]3CCOCC3)c2c1C(=O)NC1CCCC1. The summed E-state index contributed by atoms with van der Waals surface area (Å²) in [6, 6.07) is 3.67.